The number of morpholine rings is 1. The van der Waals surface area contributed by atoms with E-state index in [1.165, 1.54) is 0 Å². The fourth-order valence-electron chi connectivity index (χ4n) is 2.10. The quantitative estimate of drug-likeness (QED) is 0.607. The van der Waals surface area contributed by atoms with Crippen LogP contribution in [-0.2, 0) is 9.47 Å². The molecule has 2 N–H and O–H groups in total. The number of alkyl carbamates (subject to hydrolysis) is 1. The summed E-state index contributed by atoms with van der Waals surface area (Å²) in [5.74, 6) is 0. The number of hydrogen-bond acceptors (Lipinski definition) is 4. The van der Waals surface area contributed by atoms with E-state index in [2.05, 4.69) is 15.5 Å². The summed E-state index contributed by atoms with van der Waals surface area (Å²) in [6.07, 6.45) is -0.0642. The molecule has 0 aromatic rings. The summed E-state index contributed by atoms with van der Waals surface area (Å²) in [4.78, 5) is 13.6. The number of nitrogens with one attached hydrogen (secondary N) is 2. The lowest BCUT2D eigenvalue weighted by molar-refractivity contribution is -0.0481. The van der Waals surface area contributed by atoms with Gasteiger partial charge in [0, 0.05) is 26.2 Å². The minimum atomic E-state index is -0.479. The first-order chi connectivity index (χ1) is 9.67. The van der Waals surface area contributed by atoms with E-state index >= 15 is 0 Å². The van der Waals surface area contributed by atoms with Gasteiger partial charge in [0.05, 0.1) is 12.2 Å². The standard InChI is InChI=1S/C14H27N3O3S/c1-10-8-17(9-11(2)19-10)12(21)15-6-7-16-13(18)20-14(3,4)5/h10-11H,6-9H2,1-5H3,(H,15,21)(H,16,18). The summed E-state index contributed by atoms with van der Waals surface area (Å²) in [7, 11) is 0. The zero-order valence-corrected chi connectivity index (χ0v) is 14.4. The molecule has 0 radical (unpaired) electrons. The highest BCUT2D eigenvalue weighted by Gasteiger charge is 2.23. The molecule has 0 bridgehead atoms. The smallest absolute Gasteiger partial charge is 0.407 e. The lowest BCUT2D eigenvalue weighted by Gasteiger charge is -2.36. The molecule has 1 amide bonds. The highest BCUT2D eigenvalue weighted by Crippen LogP contribution is 2.10. The van der Waals surface area contributed by atoms with Gasteiger partial charge in [-0.2, -0.15) is 0 Å². The maximum absolute atomic E-state index is 11.5. The van der Waals surface area contributed by atoms with Gasteiger partial charge >= 0.3 is 6.09 Å². The van der Waals surface area contributed by atoms with Crippen molar-refractivity contribution in [1.82, 2.24) is 15.5 Å². The second kappa shape index (κ2) is 7.79. The van der Waals surface area contributed by atoms with Crippen LogP contribution < -0.4 is 10.6 Å². The molecule has 122 valence electrons. The largest absolute Gasteiger partial charge is 0.444 e. The van der Waals surface area contributed by atoms with Crippen LogP contribution in [0, 0.1) is 0 Å². The second-order valence-corrected chi connectivity index (χ2v) is 6.71. The molecule has 6 nitrogen and oxygen atoms in total. The number of carbonyl (C=O) groups is 1. The van der Waals surface area contributed by atoms with Crippen molar-refractivity contribution in [2.75, 3.05) is 26.2 Å². The Morgan fingerprint density at radius 2 is 1.76 bits per heavy atom. The third-order valence-corrected chi connectivity index (χ3v) is 3.18. The number of carbonyl (C=O) groups excluding carboxylic acids is 1. The normalized spacial score (nSPS) is 22.6. The third kappa shape index (κ3) is 7.47. The Morgan fingerprint density at radius 3 is 2.29 bits per heavy atom. The summed E-state index contributed by atoms with van der Waals surface area (Å²) in [5.41, 5.74) is -0.479. The van der Waals surface area contributed by atoms with Crippen LogP contribution in [0.5, 0.6) is 0 Å². The number of ether oxygens (including phenoxy) is 2. The van der Waals surface area contributed by atoms with Gasteiger partial charge in [-0.1, -0.05) is 0 Å². The molecule has 1 fully saturated rings. The van der Waals surface area contributed by atoms with E-state index in [0.29, 0.717) is 18.2 Å². The Bertz CT molecular complexity index is 361. The van der Waals surface area contributed by atoms with Gasteiger partial charge in [-0.3, -0.25) is 0 Å². The first kappa shape index (κ1) is 18.0. The molecule has 2 atom stereocenters. The predicted octanol–water partition coefficient (Wildman–Crippen LogP) is 1.49. The van der Waals surface area contributed by atoms with Crippen LogP contribution in [0.15, 0.2) is 0 Å². The topological polar surface area (TPSA) is 62.8 Å². The van der Waals surface area contributed by atoms with Crippen molar-refractivity contribution >= 4 is 23.4 Å². The van der Waals surface area contributed by atoms with Crippen molar-refractivity contribution in [2.45, 2.75) is 52.4 Å². The third-order valence-electron chi connectivity index (χ3n) is 2.78. The van der Waals surface area contributed by atoms with E-state index in [1.807, 2.05) is 34.6 Å². The average molecular weight is 317 g/mol. The highest BCUT2D eigenvalue weighted by molar-refractivity contribution is 7.80. The number of thiocarbonyl (C=S) groups is 1. The van der Waals surface area contributed by atoms with Crippen molar-refractivity contribution < 1.29 is 14.3 Å². The van der Waals surface area contributed by atoms with Crippen LogP contribution in [0.3, 0.4) is 0 Å². The molecular formula is C14H27N3O3S. The molecule has 0 saturated carbocycles. The van der Waals surface area contributed by atoms with E-state index in [-0.39, 0.29) is 12.2 Å². The lowest BCUT2D eigenvalue weighted by atomic mass is 10.2. The minimum Gasteiger partial charge on any atom is -0.444 e. The summed E-state index contributed by atoms with van der Waals surface area (Å²) in [5, 5.41) is 6.53. The molecule has 0 aromatic carbocycles. The van der Waals surface area contributed by atoms with E-state index in [4.69, 9.17) is 21.7 Å². The molecule has 1 heterocycles. The summed E-state index contributed by atoms with van der Waals surface area (Å²) < 4.78 is 10.8. The van der Waals surface area contributed by atoms with E-state index in [0.717, 1.165) is 13.1 Å². The van der Waals surface area contributed by atoms with Crippen LogP contribution in [0.2, 0.25) is 0 Å². The Balaban J connectivity index is 2.20. The van der Waals surface area contributed by atoms with Gasteiger partial charge in [0.1, 0.15) is 5.60 Å². The van der Waals surface area contributed by atoms with Gasteiger partial charge in [0.25, 0.3) is 0 Å². The number of hydrogen-bond donors (Lipinski definition) is 2. The molecular weight excluding hydrogens is 290 g/mol. The van der Waals surface area contributed by atoms with Crippen molar-refractivity contribution in [1.29, 1.82) is 0 Å². The van der Waals surface area contributed by atoms with Crippen molar-refractivity contribution in [2.24, 2.45) is 0 Å². The number of rotatable bonds is 3. The molecule has 1 aliphatic heterocycles. The van der Waals surface area contributed by atoms with Crippen LogP contribution in [0.1, 0.15) is 34.6 Å². The van der Waals surface area contributed by atoms with Gasteiger partial charge in [0.2, 0.25) is 0 Å². The molecule has 0 aliphatic carbocycles. The van der Waals surface area contributed by atoms with Gasteiger partial charge < -0.3 is 25.0 Å². The Kier molecular flexibility index (Phi) is 6.67. The minimum absolute atomic E-state index is 0.174. The molecule has 7 heteroatoms. The van der Waals surface area contributed by atoms with Crippen LogP contribution >= 0.6 is 12.2 Å². The van der Waals surface area contributed by atoms with E-state index < -0.39 is 11.7 Å². The maximum Gasteiger partial charge on any atom is 0.407 e. The van der Waals surface area contributed by atoms with Crippen molar-refractivity contribution in [3.05, 3.63) is 0 Å². The summed E-state index contributed by atoms with van der Waals surface area (Å²) in [6.45, 7) is 12.2. The second-order valence-electron chi connectivity index (χ2n) is 6.32. The average Bonchev–Trinajstić information content (AvgIpc) is 2.31. The summed E-state index contributed by atoms with van der Waals surface area (Å²) >= 11 is 5.36. The Labute approximate surface area is 132 Å². The molecule has 1 aliphatic rings. The molecule has 2 unspecified atom stereocenters. The molecule has 21 heavy (non-hydrogen) atoms. The molecule has 1 rings (SSSR count). The maximum atomic E-state index is 11.5. The monoisotopic (exact) mass is 317 g/mol. The zero-order chi connectivity index (χ0) is 16.0. The van der Waals surface area contributed by atoms with Gasteiger partial charge in [0.15, 0.2) is 5.11 Å². The fraction of sp³-hybridized carbons (Fsp3) is 0.857. The van der Waals surface area contributed by atoms with Gasteiger partial charge in [-0.15, -0.1) is 0 Å². The number of amides is 1. The predicted molar refractivity (Wildman–Crippen MR) is 86.4 cm³/mol. The van der Waals surface area contributed by atoms with Gasteiger partial charge in [-0.05, 0) is 46.8 Å². The first-order valence-electron chi connectivity index (χ1n) is 7.32. The van der Waals surface area contributed by atoms with Crippen molar-refractivity contribution in [3.8, 4) is 0 Å². The van der Waals surface area contributed by atoms with Crippen LogP contribution in [0.4, 0.5) is 4.79 Å². The van der Waals surface area contributed by atoms with Gasteiger partial charge in [-0.25, -0.2) is 4.79 Å². The highest BCUT2D eigenvalue weighted by atomic mass is 32.1. The van der Waals surface area contributed by atoms with E-state index in [9.17, 15) is 4.79 Å². The molecule has 0 aromatic heterocycles. The zero-order valence-electron chi connectivity index (χ0n) is 13.6. The van der Waals surface area contributed by atoms with Crippen molar-refractivity contribution in [3.63, 3.8) is 0 Å². The van der Waals surface area contributed by atoms with E-state index in [1.54, 1.807) is 0 Å². The van der Waals surface area contributed by atoms with Crippen LogP contribution in [0.25, 0.3) is 0 Å². The first-order valence-corrected chi connectivity index (χ1v) is 7.73. The molecule has 1 saturated heterocycles. The SMILES string of the molecule is CC1CN(C(=S)NCCNC(=O)OC(C)(C)C)CC(C)O1. The van der Waals surface area contributed by atoms with Crippen LogP contribution in [-0.4, -0.2) is 60.1 Å². The lowest BCUT2D eigenvalue weighted by Crippen LogP contribution is -2.52. The Hall–Kier alpha value is -1.08. The number of nitrogens with zero attached hydrogens (tertiary/aromatic N) is 1. The Morgan fingerprint density at radius 1 is 1.24 bits per heavy atom. The fourth-order valence-corrected chi connectivity index (χ4v) is 2.35. The summed E-state index contributed by atoms with van der Waals surface area (Å²) in [6, 6.07) is 0. The molecule has 0 spiro atoms.